The molecule has 5 rings (SSSR count). The molecule has 2 amide bonds. The lowest BCUT2D eigenvalue weighted by molar-refractivity contribution is -0.137. The van der Waals surface area contributed by atoms with Gasteiger partial charge in [0.25, 0.3) is 11.8 Å². The van der Waals surface area contributed by atoms with Crippen LogP contribution in [0.1, 0.15) is 0 Å². The summed E-state index contributed by atoms with van der Waals surface area (Å²) in [6.07, 6.45) is 0. The molecule has 4 aromatic rings. The Morgan fingerprint density at radius 2 is 1.34 bits per heavy atom. The number of imide groups is 1. The number of fused-ring (bicyclic) bond motifs is 2. The van der Waals surface area contributed by atoms with Gasteiger partial charge in [0, 0.05) is 16.5 Å². The van der Waals surface area contributed by atoms with E-state index in [2.05, 4.69) is 5.32 Å². The van der Waals surface area contributed by atoms with E-state index >= 15 is 0 Å². The molecule has 32 heavy (non-hydrogen) atoms. The normalized spacial score (nSPS) is 13.8. The standard InChI is InChI=1S/C26H18N2O4/c1-32-26(31)22-23(27-20-14-6-10-16-8-2-4-12-18(16)20)25(30)28(24(22)29)21-15-7-11-17-9-3-5-13-19(17)21/h2-15,27H,1H3. The Morgan fingerprint density at radius 1 is 0.750 bits per heavy atom. The zero-order valence-corrected chi connectivity index (χ0v) is 17.2. The van der Waals surface area contributed by atoms with Crippen molar-refractivity contribution in [2.45, 2.75) is 0 Å². The number of nitrogens with zero attached hydrogens (tertiary/aromatic N) is 1. The van der Waals surface area contributed by atoms with E-state index in [1.54, 1.807) is 18.2 Å². The van der Waals surface area contributed by atoms with Crippen LogP contribution in [-0.2, 0) is 19.1 Å². The molecule has 6 nitrogen and oxygen atoms in total. The molecule has 0 fully saturated rings. The number of amides is 2. The predicted molar refractivity (Wildman–Crippen MR) is 123 cm³/mol. The van der Waals surface area contributed by atoms with E-state index in [0.717, 1.165) is 26.4 Å². The number of rotatable bonds is 4. The number of ether oxygens (including phenoxy) is 1. The molecule has 0 aromatic heterocycles. The average molecular weight is 422 g/mol. The molecule has 1 N–H and O–H groups in total. The maximum atomic E-state index is 13.5. The van der Waals surface area contributed by atoms with Gasteiger partial charge in [-0.1, -0.05) is 72.8 Å². The number of nitrogens with one attached hydrogen (secondary N) is 1. The van der Waals surface area contributed by atoms with Gasteiger partial charge >= 0.3 is 5.97 Å². The van der Waals surface area contributed by atoms with E-state index in [1.165, 1.54) is 7.11 Å². The van der Waals surface area contributed by atoms with Gasteiger partial charge in [-0.3, -0.25) is 9.59 Å². The minimum atomic E-state index is -0.867. The first-order valence-corrected chi connectivity index (χ1v) is 10.0. The van der Waals surface area contributed by atoms with Crippen molar-refractivity contribution in [1.82, 2.24) is 0 Å². The fourth-order valence-electron chi connectivity index (χ4n) is 4.03. The highest BCUT2D eigenvalue weighted by Gasteiger charge is 2.44. The van der Waals surface area contributed by atoms with Crippen molar-refractivity contribution in [3.05, 3.63) is 96.2 Å². The number of carbonyl (C=O) groups is 3. The van der Waals surface area contributed by atoms with E-state index in [9.17, 15) is 14.4 Å². The van der Waals surface area contributed by atoms with Crippen molar-refractivity contribution in [1.29, 1.82) is 0 Å². The van der Waals surface area contributed by atoms with Crippen LogP contribution in [0.25, 0.3) is 21.5 Å². The lowest BCUT2D eigenvalue weighted by atomic mass is 10.1. The van der Waals surface area contributed by atoms with Crippen molar-refractivity contribution in [3.8, 4) is 0 Å². The summed E-state index contributed by atoms with van der Waals surface area (Å²) in [6.45, 7) is 0. The van der Waals surface area contributed by atoms with Gasteiger partial charge in [0.2, 0.25) is 0 Å². The lowest BCUT2D eigenvalue weighted by Gasteiger charge is -2.18. The smallest absolute Gasteiger partial charge is 0.345 e. The van der Waals surface area contributed by atoms with Gasteiger partial charge in [-0.25, -0.2) is 9.69 Å². The van der Waals surface area contributed by atoms with E-state index in [0.29, 0.717) is 11.4 Å². The van der Waals surface area contributed by atoms with Gasteiger partial charge in [0.05, 0.1) is 12.8 Å². The summed E-state index contributed by atoms with van der Waals surface area (Å²) in [7, 11) is 1.18. The highest BCUT2D eigenvalue weighted by molar-refractivity contribution is 6.42. The first-order valence-electron chi connectivity index (χ1n) is 10.0. The topological polar surface area (TPSA) is 75.7 Å². The maximum Gasteiger partial charge on any atom is 0.345 e. The monoisotopic (exact) mass is 422 g/mol. The molecule has 0 atom stereocenters. The van der Waals surface area contributed by atoms with Crippen LogP contribution in [0.15, 0.2) is 96.2 Å². The largest absolute Gasteiger partial charge is 0.465 e. The Bertz CT molecular complexity index is 1440. The van der Waals surface area contributed by atoms with E-state index in [-0.39, 0.29) is 11.3 Å². The van der Waals surface area contributed by atoms with Gasteiger partial charge in [0.1, 0.15) is 5.70 Å². The van der Waals surface area contributed by atoms with Crippen LogP contribution in [0.2, 0.25) is 0 Å². The summed E-state index contributed by atoms with van der Waals surface area (Å²) in [4.78, 5) is 40.4. The van der Waals surface area contributed by atoms with Gasteiger partial charge in [0.15, 0.2) is 5.57 Å². The Hall–Kier alpha value is -4.45. The van der Waals surface area contributed by atoms with Crippen LogP contribution in [-0.4, -0.2) is 24.9 Å². The number of esters is 1. The Kier molecular flexibility index (Phi) is 4.67. The second-order valence-electron chi connectivity index (χ2n) is 7.34. The summed E-state index contributed by atoms with van der Waals surface area (Å²) >= 11 is 0. The van der Waals surface area contributed by atoms with Gasteiger partial charge in [-0.2, -0.15) is 0 Å². The molecule has 0 unspecified atom stereocenters. The second-order valence-corrected chi connectivity index (χ2v) is 7.34. The van der Waals surface area contributed by atoms with Crippen LogP contribution >= 0.6 is 0 Å². The van der Waals surface area contributed by atoms with Gasteiger partial charge < -0.3 is 10.1 Å². The molecule has 0 bridgehead atoms. The van der Waals surface area contributed by atoms with Crippen LogP contribution < -0.4 is 10.2 Å². The number of anilines is 2. The molecule has 6 heteroatoms. The summed E-state index contributed by atoms with van der Waals surface area (Å²) in [5.74, 6) is -2.20. The van der Waals surface area contributed by atoms with Crippen molar-refractivity contribution in [3.63, 3.8) is 0 Å². The quantitative estimate of drug-likeness (QED) is 0.300. The summed E-state index contributed by atoms with van der Waals surface area (Å²) < 4.78 is 4.84. The molecule has 1 heterocycles. The zero-order valence-electron chi connectivity index (χ0n) is 17.2. The fraction of sp³-hybridized carbons (Fsp3) is 0.0385. The summed E-state index contributed by atoms with van der Waals surface area (Å²) in [5.41, 5.74) is 0.596. The number of hydrogen-bond acceptors (Lipinski definition) is 5. The molecule has 1 aliphatic rings. The van der Waals surface area contributed by atoms with E-state index < -0.39 is 17.8 Å². The van der Waals surface area contributed by atoms with E-state index in [4.69, 9.17) is 4.74 Å². The van der Waals surface area contributed by atoms with Crippen molar-refractivity contribution >= 4 is 50.7 Å². The molecule has 0 radical (unpaired) electrons. The first-order chi connectivity index (χ1) is 15.6. The third-order valence-electron chi connectivity index (χ3n) is 5.53. The molecular formula is C26H18N2O4. The lowest BCUT2D eigenvalue weighted by Crippen LogP contribution is -2.33. The zero-order chi connectivity index (χ0) is 22.2. The summed E-state index contributed by atoms with van der Waals surface area (Å²) in [5, 5.41) is 6.46. The average Bonchev–Trinajstić information content (AvgIpc) is 3.07. The minimum absolute atomic E-state index is 0.105. The fourth-order valence-corrected chi connectivity index (χ4v) is 4.03. The van der Waals surface area contributed by atoms with Crippen LogP contribution in [0.3, 0.4) is 0 Å². The van der Waals surface area contributed by atoms with Crippen LogP contribution in [0, 0.1) is 0 Å². The molecule has 4 aromatic carbocycles. The highest BCUT2D eigenvalue weighted by Crippen LogP contribution is 2.34. The molecule has 156 valence electrons. The molecule has 0 saturated heterocycles. The maximum absolute atomic E-state index is 13.5. The van der Waals surface area contributed by atoms with Crippen LogP contribution in [0.5, 0.6) is 0 Å². The van der Waals surface area contributed by atoms with Crippen LogP contribution in [0.4, 0.5) is 11.4 Å². The van der Waals surface area contributed by atoms with Gasteiger partial charge in [-0.15, -0.1) is 0 Å². The second kappa shape index (κ2) is 7.67. The Labute approximate surface area is 183 Å². The number of methoxy groups -OCH3 is 1. The molecular weight excluding hydrogens is 404 g/mol. The van der Waals surface area contributed by atoms with E-state index in [1.807, 2.05) is 66.7 Å². The highest BCUT2D eigenvalue weighted by atomic mass is 16.5. The predicted octanol–water partition coefficient (Wildman–Crippen LogP) is 4.41. The SMILES string of the molecule is COC(=O)C1=C(Nc2cccc3ccccc23)C(=O)N(c2cccc3ccccc23)C1=O. The van der Waals surface area contributed by atoms with Crippen molar-refractivity contribution in [2.75, 3.05) is 17.3 Å². The van der Waals surface area contributed by atoms with Crippen molar-refractivity contribution < 1.29 is 19.1 Å². The molecule has 0 spiro atoms. The minimum Gasteiger partial charge on any atom is -0.465 e. The number of carbonyl (C=O) groups excluding carboxylic acids is 3. The Balaban J connectivity index is 1.65. The summed E-state index contributed by atoms with van der Waals surface area (Å²) in [6, 6.07) is 26.0. The third-order valence-corrected chi connectivity index (χ3v) is 5.53. The first kappa shape index (κ1) is 19.5. The molecule has 0 saturated carbocycles. The van der Waals surface area contributed by atoms with Gasteiger partial charge in [-0.05, 0) is 22.9 Å². The molecule has 1 aliphatic heterocycles. The number of hydrogen-bond donors (Lipinski definition) is 1. The van der Waals surface area contributed by atoms with Crippen molar-refractivity contribution in [2.24, 2.45) is 0 Å². The molecule has 0 aliphatic carbocycles. The number of benzene rings is 4. The third kappa shape index (κ3) is 3.01. The Morgan fingerprint density at radius 3 is 2.06 bits per heavy atom.